The van der Waals surface area contributed by atoms with Gasteiger partial charge >= 0.3 is 0 Å². The fraction of sp³-hybridized carbons (Fsp3) is 0.235. The zero-order valence-electron chi connectivity index (χ0n) is 14.5. The molecule has 1 aromatic heterocycles. The van der Waals surface area contributed by atoms with Gasteiger partial charge in [0.05, 0.1) is 16.3 Å². The lowest BCUT2D eigenvalue weighted by Crippen LogP contribution is -2.16. The van der Waals surface area contributed by atoms with Crippen molar-refractivity contribution in [3.05, 3.63) is 58.9 Å². The van der Waals surface area contributed by atoms with Crippen molar-refractivity contribution in [1.82, 2.24) is 20.2 Å². The van der Waals surface area contributed by atoms with E-state index in [1.807, 2.05) is 25.1 Å². The molecule has 0 spiro atoms. The van der Waals surface area contributed by atoms with E-state index < -0.39 is 10.0 Å². The summed E-state index contributed by atoms with van der Waals surface area (Å²) in [6, 6.07) is 10.7. The third-order valence-corrected chi connectivity index (χ3v) is 5.53. The van der Waals surface area contributed by atoms with Gasteiger partial charge in [-0.3, -0.25) is 4.72 Å². The largest absolute Gasteiger partial charge is 0.280 e. The average Bonchev–Trinajstić information content (AvgIpc) is 2.91. The van der Waals surface area contributed by atoms with Crippen LogP contribution in [0.25, 0.3) is 5.69 Å². The fourth-order valence-electron chi connectivity index (χ4n) is 2.97. The summed E-state index contributed by atoms with van der Waals surface area (Å²) in [7, 11) is -3.70. The minimum absolute atomic E-state index is 0.308. The molecule has 0 saturated heterocycles. The van der Waals surface area contributed by atoms with Crippen molar-refractivity contribution in [2.24, 2.45) is 0 Å². The molecule has 0 fully saturated rings. The van der Waals surface area contributed by atoms with Gasteiger partial charge in [-0.1, -0.05) is 23.8 Å². The Morgan fingerprint density at radius 3 is 2.28 bits per heavy atom. The number of aryl methyl sites for hydroxylation is 4. The SMILES string of the molecule is Cc1cc(C)c(S(=O)(=O)Nc2cccc(-n3nnnc3C)c2)c(C)c1. The zero-order chi connectivity index (χ0) is 18.2. The molecule has 0 saturated carbocycles. The lowest BCUT2D eigenvalue weighted by molar-refractivity contribution is 0.600. The number of rotatable bonds is 4. The van der Waals surface area contributed by atoms with Gasteiger partial charge in [-0.25, -0.2) is 8.42 Å². The van der Waals surface area contributed by atoms with Crippen molar-refractivity contribution in [3.8, 4) is 5.69 Å². The van der Waals surface area contributed by atoms with E-state index in [0.29, 0.717) is 22.1 Å². The van der Waals surface area contributed by atoms with E-state index >= 15 is 0 Å². The third kappa shape index (κ3) is 3.39. The quantitative estimate of drug-likeness (QED) is 0.775. The molecule has 3 aromatic rings. The zero-order valence-corrected chi connectivity index (χ0v) is 15.3. The van der Waals surface area contributed by atoms with Gasteiger partial charge in [0.15, 0.2) is 5.82 Å². The number of hydrogen-bond acceptors (Lipinski definition) is 5. The number of anilines is 1. The molecule has 0 unspecified atom stereocenters. The van der Waals surface area contributed by atoms with Gasteiger partial charge in [-0.15, -0.1) is 5.10 Å². The predicted molar refractivity (Wildman–Crippen MR) is 95.4 cm³/mol. The van der Waals surface area contributed by atoms with E-state index in [2.05, 4.69) is 20.2 Å². The van der Waals surface area contributed by atoms with Gasteiger partial charge in [0, 0.05) is 0 Å². The summed E-state index contributed by atoms with van der Waals surface area (Å²) in [5.41, 5.74) is 3.60. The van der Waals surface area contributed by atoms with E-state index in [4.69, 9.17) is 0 Å². The number of sulfonamides is 1. The van der Waals surface area contributed by atoms with Crippen LogP contribution in [-0.2, 0) is 10.0 Å². The number of nitrogens with zero attached hydrogens (tertiary/aromatic N) is 4. The molecule has 0 aliphatic heterocycles. The standard InChI is InChI=1S/C17H19N5O2S/c1-11-8-12(2)17(13(3)9-11)25(23,24)19-15-6-5-7-16(10-15)22-14(4)18-20-21-22/h5-10,19H,1-4H3. The molecule has 7 nitrogen and oxygen atoms in total. The summed E-state index contributed by atoms with van der Waals surface area (Å²) in [5.74, 6) is 0.616. The van der Waals surface area contributed by atoms with Crippen molar-refractivity contribution in [3.63, 3.8) is 0 Å². The minimum atomic E-state index is -3.70. The second kappa shape index (κ2) is 6.29. The molecule has 0 aliphatic carbocycles. The van der Waals surface area contributed by atoms with Crippen LogP contribution in [0.2, 0.25) is 0 Å². The Hall–Kier alpha value is -2.74. The maximum atomic E-state index is 12.9. The molecule has 0 radical (unpaired) electrons. The summed E-state index contributed by atoms with van der Waals surface area (Å²) >= 11 is 0. The van der Waals surface area contributed by atoms with Crippen LogP contribution in [0.1, 0.15) is 22.5 Å². The Kier molecular flexibility index (Phi) is 4.30. The first-order valence-electron chi connectivity index (χ1n) is 7.74. The minimum Gasteiger partial charge on any atom is -0.280 e. The topological polar surface area (TPSA) is 89.8 Å². The van der Waals surface area contributed by atoms with E-state index in [1.165, 1.54) is 0 Å². The van der Waals surface area contributed by atoms with E-state index in [1.54, 1.807) is 43.7 Å². The predicted octanol–water partition coefficient (Wildman–Crippen LogP) is 2.70. The Bertz CT molecular complexity index is 1020. The highest BCUT2D eigenvalue weighted by Crippen LogP contribution is 2.25. The first-order valence-corrected chi connectivity index (χ1v) is 9.22. The van der Waals surface area contributed by atoms with Gasteiger partial charge < -0.3 is 0 Å². The molecule has 0 amide bonds. The number of hydrogen-bond donors (Lipinski definition) is 1. The summed E-state index contributed by atoms with van der Waals surface area (Å²) in [4.78, 5) is 0.308. The van der Waals surface area contributed by atoms with Gasteiger partial charge in [0.2, 0.25) is 0 Å². The van der Waals surface area contributed by atoms with Crippen LogP contribution in [0.5, 0.6) is 0 Å². The van der Waals surface area contributed by atoms with Crippen LogP contribution in [-0.4, -0.2) is 28.6 Å². The molecule has 8 heteroatoms. The number of benzene rings is 2. The lowest BCUT2D eigenvalue weighted by atomic mass is 10.1. The van der Waals surface area contributed by atoms with Gasteiger partial charge in [0.25, 0.3) is 10.0 Å². The normalized spacial score (nSPS) is 11.5. The van der Waals surface area contributed by atoms with Crippen LogP contribution in [0.15, 0.2) is 41.3 Å². The summed E-state index contributed by atoms with van der Waals surface area (Å²) in [5, 5.41) is 11.3. The molecule has 0 bridgehead atoms. The second-order valence-electron chi connectivity index (χ2n) is 6.02. The highest BCUT2D eigenvalue weighted by molar-refractivity contribution is 7.92. The van der Waals surface area contributed by atoms with Gasteiger partial charge in [-0.05, 0) is 67.4 Å². The van der Waals surface area contributed by atoms with E-state index in [-0.39, 0.29) is 0 Å². The third-order valence-electron chi connectivity index (χ3n) is 3.84. The van der Waals surface area contributed by atoms with Gasteiger partial charge in [-0.2, -0.15) is 4.68 Å². The van der Waals surface area contributed by atoms with Crippen LogP contribution >= 0.6 is 0 Å². The van der Waals surface area contributed by atoms with Crippen LogP contribution < -0.4 is 4.72 Å². The average molecular weight is 357 g/mol. The molecule has 1 N–H and O–H groups in total. The highest BCUT2D eigenvalue weighted by atomic mass is 32.2. The van der Waals surface area contributed by atoms with E-state index in [9.17, 15) is 8.42 Å². The lowest BCUT2D eigenvalue weighted by Gasteiger charge is -2.14. The molecule has 0 aliphatic rings. The van der Waals surface area contributed by atoms with Crippen LogP contribution in [0.4, 0.5) is 5.69 Å². The number of tetrazole rings is 1. The van der Waals surface area contributed by atoms with Crippen LogP contribution in [0.3, 0.4) is 0 Å². The monoisotopic (exact) mass is 357 g/mol. The van der Waals surface area contributed by atoms with E-state index in [0.717, 1.165) is 16.7 Å². The second-order valence-corrected chi connectivity index (χ2v) is 7.64. The summed E-state index contributed by atoms with van der Waals surface area (Å²) in [6.07, 6.45) is 0. The Balaban J connectivity index is 1.99. The molecular weight excluding hydrogens is 338 g/mol. The van der Waals surface area contributed by atoms with Crippen LogP contribution in [0, 0.1) is 27.7 Å². The smallest absolute Gasteiger partial charge is 0.262 e. The number of aromatic nitrogens is 4. The van der Waals surface area contributed by atoms with Crippen molar-refractivity contribution >= 4 is 15.7 Å². The number of nitrogens with one attached hydrogen (secondary N) is 1. The molecular formula is C17H19N5O2S. The molecule has 1 heterocycles. The maximum absolute atomic E-state index is 12.9. The maximum Gasteiger partial charge on any atom is 0.262 e. The first-order chi connectivity index (χ1) is 11.8. The molecule has 25 heavy (non-hydrogen) atoms. The Labute approximate surface area is 146 Å². The van der Waals surface area contributed by atoms with Crippen molar-refractivity contribution in [1.29, 1.82) is 0 Å². The van der Waals surface area contributed by atoms with Crippen molar-refractivity contribution in [2.45, 2.75) is 32.6 Å². The van der Waals surface area contributed by atoms with Crippen molar-refractivity contribution < 1.29 is 8.42 Å². The molecule has 2 aromatic carbocycles. The fourth-order valence-corrected chi connectivity index (χ4v) is 4.47. The highest BCUT2D eigenvalue weighted by Gasteiger charge is 2.20. The molecule has 130 valence electrons. The first kappa shape index (κ1) is 17.1. The van der Waals surface area contributed by atoms with Crippen molar-refractivity contribution in [2.75, 3.05) is 4.72 Å². The molecule has 3 rings (SSSR count). The Morgan fingerprint density at radius 2 is 1.68 bits per heavy atom. The molecule has 0 atom stereocenters. The summed E-state index contributed by atoms with van der Waals surface area (Å²) in [6.45, 7) is 7.32. The summed E-state index contributed by atoms with van der Waals surface area (Å²) < 4.78 is 29.9. The van der Waals surface area contributed by atoms with Gasteiger partial charge in [0.1, 0.15) is 0 Å². The Morgan fingerprint density at radius 1 is 1.00 bits per heavy atom.